The summed E-state index contributed by atoms with van der Waals surface area (Å²) in [6.07, 6.45) is 7.98. The highest BCUT2D eigenvalue weighted by Gasteiger charge is 2.37. The van der Waals surface area contributed by atoms with E-state index < -0.39 is 0 Å². The SMILES string of the molecule is O=C1C=C[C@@]2(CC1)CCc1ccccc12. The number of benzene rings is 1. The van der Waals surface area contributed by atoms with Crippen LogP contribution in [0.3, 0.4) is 0 Å². The highest BCUT2D eigenvalue weighted by Crippen LogP contribution is 2.44. The molecule has 0 bridgehead atoms. The van der Waals surface area contributed by atoms with E-state index in [9.17, 15) is 4.79 Å². The van der Waals surface area contributed by atoms with Crippen molar-refractivity contribution < 1.29 is 4.79 Å². The minimum Gasteiger partial charge on any atom is -0.295 e. The number of hydrogen-bond acceptors (Lipinski definition) is 1. The maximum Gasteiger partial charge on any atom is 0.155 e. The monoisotopic (exact) mass is 198 g/mol. The molecule has 1 heteroatoms. The van der Waals surface area contributed by atoms with Crippen molar-refractivity contribution in [3.05, 3.63) is 47.5 Å². The Morgan fingerprint density at radius 3 is 2.67 bits per heavy atom. The molecule has 1 spiro atoms. The lowest BCUT2D eigenvalue weighted by Gasteiger charge is -2.29. The maximum absolute atomic E-state index is 11.2. The number of carbonyl (C=O) groups is 1. The normalized spacial score (nSPS) is 28.4. The lowest BCUT2D eigenvalue weighted by Crippen LogP contribution is -2.24. The van der Waals surface area contributed by atoms with Crippen LogP contribution in [-0.2, 0) is 16.6 Å². The first-order valence-corrected chi connectivity index (χ1v) is 5.61. The van der Waals surface area contributed by atoms with Crippen molar-refractivity contribution in [2.24, 2.45) is 0 Å². The van der Waals surface area contributed by atoms with Crippen LogP contribution < -0.4 is 0 Å². The molecule has 1 aromatic carbocycles. The van der Waals surface area contributed by atoms with E-state index in [0.29, 0.717) is 6.42 Å². The first-order valence-electron chi connectivity index (χ1n) is 5.61. The first kappa shape index (κ1) is 8.90. The number of fused-ring (bicyclic) bond motifs is 2. The van der Waals surface area contributed by atoms with Crippen LogP contribution in [0.1, 0.15) is 30.4 Å². The van der Waals surface area contributed by atoms with E-state index in [1.807, 2.05) is 0 Å². The van der Waals surface area contributed by atoms with Gasteiger partial charge in [-0.1, -0.05) is 30.3 Å². The lowest BCUT2D eigenvalue weighted by molar-refractivity contribution is -0.115. The minimum absolute atomic E-state index is 0.185. The van der Waals surface area contributed by atoms with E-state index in [1.165, 1.54) is 17.5 Å². The molecule has 0 fully saturated rings. The van der Waals surface area contributed by atoms with Crippen molar-refractivity contribution in [1.29, 1.82) is 0 Å². The molecule has 1 aromatic rings. The highest BCUT2D eigenvalue weighted by atomic mass is 16.1. The van der Waals surface area contributed by atoms with Gasteiger partial charge in [-0.2, -0.15) is 0 Å². The molecular weight excluding hydrogens is 184 g/mol. The summed E-state index contributed by atoms with van der Waals surface area (Å²) in [4.78, 5) is 11.2. The van der Waals surface area contributed by atoms with Gasteiger partial charge in [-0.15, -0.1) is 0 Å². The van der Waals surface area contributed by atoms with E-state index in [1.54, 1.807) is 6.08 Å². The topological polar surface area (TPSA) is 17.1 Å². The van der Waals surface area contributed by atoms with Gasteiger partial charge < -0.3 is 0 Å². The van der Waals surface area contributed by atoms with Crippen molar-refractivity contribution in [1.82, 2.24) is 0 Å². The largest absolute Gasteiger partial charge is 0.295 e. The molecule has 1 nitrogen and oxygen atoms in total. The molecule has 1 atom stereocenters. The Morgan fingerprint density at radius 1 is 1.07 bits per heavy atom. The molecular formula is C14H14O. The molecule has 2 aliphatic carbocycles. The van der Waals surface area contributed by atoms with Gasteiger partial charge in [-0.3, -0.25) is 4.79 Å². The summed E-state index contributed by atoms with van der Waals surface area (Å²) in [6, 6.07) is 8.66. The summed E-state index contributed by atoms with van der Waals surface area (Å²) in [5.74, 6) is 0.282. The maximum atomic E-state index is 11.2. The Kier molecular flexibility index (Phi) is 1.82. The molecule has 15 heavy (non-hydrogen) atoms. The average Bonchev–Trinajstić information content (AvgIpc) is 2.63. The molecule has 0 aromatic heterocycles. The Labute approximate surface area is 89.8 Å². The number of allylic oxidation sites excluding steroid dienone is 2. The highest BCUT2D eigenvalue weighted by molar-refractivity contribution is 5.91. The Hall–Kier alpha value is -1.37. The summed E-state index contributed by atoms with van der Waals surface area (Å²) in [6.45, 7) is 0. The van der Waals surface area contributed by atoms with Crippen molar-refractivity contribution in [3.63, 3.8) is 0 Å². The molecule has 0 unspecified atom stereocenters. The van der Waals surface area contributed by atoms with Crippen LogP contribution in [-0.4, -0.2) is 5.78 Å². The molecule has 2 aliphatic rings. The first-order chi connectivity index (χ1) is 7.30. The van der Waals surface area contributed by atoms with Gasteiger partial charge in [0.2, 0.25) is 0 Å². The summed E-state index contributed by atoms with van der Waals surface area (Å²) in [5, 5.41) is 0. The fraction of sp³-hybridized carbons (Fsp3) is 0.357. The van der Waals surface area contributed by atoms with Crippen LogP contribution in [0.15, 0.2) is 36.4 Å². The molecule has 0 N–H and O–H groups in total. The second-order valence-corrected chi connectivity index (χ2v) is 4.61. The van der Waals surface area contributed by atoms with Gasteiger partial charge in [0.25, 0.3) is 0 Å². The second kappa shape index (κ2) is 3.06. The molecule has 0 heterocycles. The quantitative estimate of drug-likeness (QED) is 0.626. The van der Waals surface area contributed by atoms with Gasteiger partial charge in [0.15, 0.2) is 5.78 Å². The standard InChI is InChI=1S/C14H14O/c15-12-6-9-14(10-7-12)8-5-11-3-1-2-4-13(11)14/h1-4,6,9H,5,7-8,10H2/t14-/m1/s1. The van der Waals surface area contributed by atoms with Crippen molar-refractivity contribution in [2.75, 3.05) is 0 Å². The van der Waals surface area contributed by atoms with Gasteiger partial charge in [-0.25, -0.2) is 0 Å². The smallest absolute Gasteiger partial charge is 0.155 e. The number of ketones is 1. The van der Waals surface area contributed by atoms with Gasteiger partial charge >= 0.3 is 0 Å². The van der Waals surface area contributed by atoms with Crippen molar-refractivity contribution in [2.45, 2.75) is 31.1 Å². The fourth-order valence-electron chi connectivity index (χ4n) is 2.91. The van der Waals surface area contributed by atoms with Gasteiger partial charge in [0, 0.05) is 11.8 Å². The third kappa shape index (κ3) is 1.26. The molecule has 3 rings (SSSR count). The predicted molar refractivity (Wildman–Crippen MR) is 59.8 cm³/mol. The zero-order chi connectivity index (χ0) is 10.3. The van der Waals surface area contributed by atoms with Crippen LogP contribution in [0.2, 0.25) is 0 Å². The number of hydrogen-bond donors (Lipinski definition) is 0. The molecule has 0 saturated heterocycles. The molecule has 76 valence electrons. The molecule has 0 saturated carbocycles. The third-order valence-electron chi connectivity index (χ3n) is 3.80. The third-order valence-corrected chi connectivity index (χ3v) is 3.80. The number of carbonyl (C=O) groups excluding carboxylic acids is 1. The average molecular weight is 198 g/mol. The van der Waals surface area contributed by atoms with Crippen LogP contribution in [0, 0.1) is 0 Å². The van der Waals surface area contributed by atoms with Crippen molar-refractivity contribution >= 4 is 5.78 Å². The fourth-order valence-corrected chi connectivity index (χ4v) is 2.91. The zero-order valence-electron chi connectivity index (χ0n) is 8.70. The Morgan fingerprint density at radius 2 is 1.87 bits per heavy atom. The van der Waals surface area contributed by atoms with E-state index >= 15 is 0 Å². The summed E-state index contributed by atoms with van der Waals surface area (Å²) in [7, 11) is 0. The van der Waals surface area contributed by atoms with Crippen LogP contribution in [0.25, 0.3) is 0 Å². The molecule has 0 aliphatic heterocycles. The lowest BCUT2D eigenvalue weighted by atomic mass is 9.74. The van der Waals surface area contributed by atoms with Crippen molar-refractivity contribution in [3.8, 4) is 0 Å². The van der Waals surface area contributed by atoms with E-state index in [0.717, 1.165) is 12.8 Å². The van der Waals surface area contributed by atoms with Crippen LogP contribution in [0.4, 0.5) is 0 Å². The molecule has 0 amide bonds. The summed E-state index contributed by atoms with van der Waals surface area (Å²) in [5.41, 5.74) is 3.11. The van der Waals surface area contributed by atoms with E-state index in [2.05, 4.69) is 30.3 Å². The number of aryl methyl sites for hydroxylation is 1. The minimum atomic E-state index is 0.185. The summed E-state index contributed by atoms with van der Waals surface area (Å²) < 4.78 is 0. The van der Waals surface area contributed by atoms with E-state index in [-0.39, 0.29) is 11.2 Å². The Bertz CT molecular complexity index is 444. The van der Waals surface area contributed by atoms with Gasteiger partial charge in [0.1, 0.15) is 0 Å². The second-order valence-electron chi connectivity index (χ2n) is 4.61. The molecule has 0 radical (unpaired) electrons. The number of rotatable bonds is 0. The Balaban J connectivity index is 2.09. The predicted octanol–water partition coefficient (Wildman–Crippen LogP) is 2.79. The van der Waals surface area contributed by atoms with Crippen LogP contribution in [0.5, 0.6) is 0 Å². The van der Waals surface area contributed by atoms with E-state index in [4.69, 9.17) is 0 Å². The van der Waals surface area contributed by atoms with Gasteiger partial charge in [0.05, 0.1) is 0 Å². The van der Waals surface area contributed by atoms with Gasteiger partial charge in [-0.05, 0) is 36.5 Å². The zero-order valence-corrected chi connectivity index (χ0v) is 8.70. The summed E-state index contributed by atoms with van der Waals surface area (Å²) >= 11 is 0. The van der Waals surface area contributed by atoms with Crippen LogP contribution >= 0.6 is 0 Å².